The SMILES string of the molecule is O=C(CC1SC(=NCCc2ccccc2)NC1=O)Nc1cccc2ccccc12. The first-order chi connectivity index (χ1) is 14.2. The fourth-order valence-corrected chi connectivity index (χ4v) is 4.25. The first-order valence-electron chi connectivity index (χ1n) is 9.52. The van der Waals surface area contributed by atoms with Gasteiger partial charge in [-0.1, -0.05) is 78.5 Å². The zero-order chi connectivity index (χ0) is 20.1. The number of fused-ring (bicyclic) bond motifs is 1. The second kappa shape index (κ2) is 8.92. The third kappa shape index (κ3) is 4.84. The third-order valence-corrected chi connectivity index (χ3v) is 5.83. The van der Waals surface area contributed by atoms with Gasteiger partial charge in [-0.05, 0) is 23.4 Å². The van der Waals surface area contributed by atoms with E-state index in [1.807, 2.05) is 60.7 Å². The van der Waals surface area contributed by atoms with Crippen LogP contribution >= 0.6 is 11.8 Å². The first kappa shape index (κ1) is 19.2. The molecule has 2 amide bonds. The van der Waals surface area contributed by atoms with E-state index in [2.05, 4.69) is 27.8 Å². The lowest BCUT2D eigenvalue weighted by Crippen LogP contribution is -2.28. The first-order valence-corrected chi connectivity index (χ1v) is 10.4. The number of aliphatic imine (C=N–C) groups is 1. The molecule has 1 saturated heterocycles. The molecule has 1 heterocycles. The Balaban J connectivity index is 1.34. The summed E-state index contributed by atoms with van der Waals surface area (Å²) in [6.07, 6.45) is 0.921. The van der Waals surface area contributed by atoms with Gasteiger partial charge in [0.2, 0.25) is 11.8 Å². The molecule has 1 fully saturated rings. The number of hydrogen-bond acceptors (Lipinski definition) is 4. The zero-order valence-corrected chi connectivity index (χ0v) is 16.6. The van der Waals surface area contributed by atoms with Crippen LogP contribution in [-0.4, -0.2) is 28.8 Å². The highest BCUT2D eigenvalue weighted by Crippen LogP contribution is 2.26. The molecule has 1 unspecified atom stereocenters. The van der Waals surface area contributed by atoms with Gasteiger partial charge in [0.15, 0.2) is 5.17 Å². The van der Waals surface area contributed by atoms with E-state index in [4.69, 9.17) is 0 Å². The Morgan fingerprint density at radius 2 is 1.76 bits per heavy atom. The Morgan fingerprint density at radius 3 is 2.62 bits per heavy atom. The molecule has 3 aromatic carbocycles. The van der Waals surface area contributed by atoms with Crippen molar-refractivity contribution < 1.29 is 9.59 Å². The number of carbonyl (C=O) groups excluding carboxylic acids is 2. The molecule has 0 aromatic heterocycles. The minimum atomic E-state index is -0.458. The standard InChI is InChI=1S/C23H21N3O2S/c27-21(25-19-12-6-10-17-9-4-5-11-18(17)19)15-20-22(28)26-23(29-20)24-14-13-16-7-2-1-3-8-16/h1-12,20H,13-15H2,(H,25,27)(H,24,26,28). The van der Waals surface area contributed by atoms with E-state index in [-0.39, 0.29) is 18.2 Å². The number of carbonyl (C=O) groups is 2. The Hall–Kier alpha value is -3.12. The summed E-state index contributed by atoms with van der Waals surface area (Å²) in [5, 5.41) is 7.90. The summed E-state index contributed by atoms with van der Waals surface area (Å²) in [6, 6.07) is 23.8. The number of thioether (sulfide) groups is 1. The number of nitrogens with zero attached hydrogens (tertiary/aromatic N) is 1. The van der Waals surface area contributed by atoms with Crippen LogP contribution in [-0.2, 0) is 16.0 Å². The smallest absolute Gasteiger partial charge is 0.240 e. The van der Waals surface area contributed by atoms with Crippen LogP contribution in [0.2, 0.25) is 0 Å². The Kier molecular flexibility index (Phi) is 5.91. The number of amidine groups is 1. The highest BCUT2D eigenvalue weighted by atomic mass is 32.2. The molecule has 0 aliphatic carbocycles. The fraction of sp³-hybridized carbons (Fsp3) is 0.174. The van der Waals surface area contributed by atoms with Crippen molar-refractivity contribution in [2.75, 3.05) is 11.9 Å². The molecule has 146 valence electrons. The van der Waals surface area contributed by atoms with Crippen LogP contribution in [0.4, 0.5) is 5.69 Å². The van der Waals surface area contributed by atoms with Crippen molar-refractivity contribution in [2.45, 2.75) is 18.1 Å². The number of benzene rings is 3. The van der Waals surface area contributed by atoms with Gasteiger partial charge in [0, 0.05) is 24.0 Å². The largest absolute Gasteiger partial charge is 0.325 e. The van der Waals surface area contributed by atoms with E-state index in [0.717, 1.165) is 22.9 Å². The van der Waals surface area contributed by atoms with Gasteiger partial charge in [-0.25, -0.2) is 0 Å². The highest BCUT2D eigenvalue weighted by molar-refractivity contribution is 8.15. The van der Waals surface area contributed by atoms with Crippen molar-refractivity contribution in [1.29, 1.82) is 0 Å². The average Bonchev–Trinajstić information content (AvgIpc) is 3.08. The number of rotatable bonds is 6. The van der Waals surface area contributed by atoms with Crippen molar-refractivity contribution >= 4 is 45.2 Å². The lowest BCUT2D eigenvalue weighted by Gasteiger charge is -2.10. The maximum atomic E-state index is 12.5. The monoisotopic (exact) mass is 403 g/mol. The maximum Gasteiger partial charge on any atom is 0.240 e. The molecule has 0 radical (unpaired) electrons. The molecule has 0 spiro atoms. The van der Waals surface area contributed by atoms with Gasteiger partial charge >= 0.3 is 0 Å². The summed E-state index contributed by atoms with van der Waals surface area (Å²) in [7, 11) is 0. The van der Waals surface area contributed by atoms with Crippen molar-refractivity contribution in [2.24, 2.45) is 4.99 Å². The van der Waals surface area contributed by atoms with Crippen LogP contribution in [0.25, 0.3) is 10.8 Å². The van der Waals surface area contributed by atoms with Crippen LogP contribution in [0.1, 0.15) is 12.0 Å². The molecule has 1 atom stereocenters. The van der Waals surface area contributed by atoms with Gasteiger partial charge in [0.1, 0.15) is 5.25 Å². The van der Waals surface area contributed by atoms with Crippen molar-refractivity contribution in [3.63, 3.8) is 0 Å². The maximum absolute atomic E-state index is 12.5. The normalized spacial score (nSPS) is 17.4. The van der Waals surface area contributed by atoms with E-state index in [9.17, 15) is 9.59 Å². The molecule has 1 aliphatic heterocycles. The van der Waals surface area contributed by atoms with Crippen LogP contribution in [0.15, 0.2) is 77.8 Å². The second-order valence-corrected chi connectivity index (χ2v) is 7.99. The Labute approximate surface area is 173 Å². The number of anilines is 1. The van der Waals surface area contributed by atoms with Crippen LogP contribution < -0.4 is 10.6 Å². The minimum absolute atomic E-state index is 0.109. The second-order valence-electron chi connectivity index (χ2n) is 6.80. The summed E-state index contributed by atoms with van der Waals surface area (Å²) >= 11 is 1.32. The van der Waals surface area contributed by atoms with Gasteiger partial charge in [0.05, 0.1) is 0 Å². The quantitative estimate of drug-likeness (QED) is 0.654. The predicted octanol–water partition coefficient (Wildman–Crippen LogP) is 4.00. The van der Waals surface area contributed by atoms with E-state index < -0.39 is 5.25 Å². The molecule has 3 aromatic rings. The molecular formula is C23H21N3O2S. The molecule has 0 saturated carbocycles. The van der Waals surface area contributed by atoms with Gasteiger partial charge in [-0.3, -0.25) is 14.6 Å². The Morgan fingerprint density at radius 1 is 1.00 bits per heavy atom. The molecule has 6 heteroatoms. The van der Waals surface area contributed by atoms with Crippen LogP contribution in [0, 0.1) is 0 Å². The van der Waals surface area contributed by atoms with E-state index in [0.29, 0.717) is 11.7 Å². The molecule has 29 heavy (non-hydrogen) atoms. The minimum Gasteiger partial charge on any atom is -0.325 e. The summed E-state index contributed by atoms with van der Waals surface area (Å²) < 4.78 is 0. The van der Waals surface area contributed by atoms with Crippen LogP contribution in [0.3, 0.4) is 0 Å². The summed E-state index contributed by atoms with van der Waals surface area (Å²) in [5.74, 6) is -0.346. The van der Waals surface area contributed by atoms with Gasteiger partial charge in [-0.2, -0.15) is 0 Å². The Bertz CT molecular complexity index is 1060. The molecule has 2 N–H and O–H groups in total. The molecule has 0 bridgehead atoms. The summed E-state index contributed by atoms with van der Waals surface area (Å²) in [5.41, 5.74) is 1.96. The zero-order valence-electron chi connectivity index (χ0n) is 15.8. The number of nitrogens with one attached hydrogen (secondary N) is 2. The van der Waals surface area contributed by atoms with E-state index in [1.54, 1.807) is 0 Å². The van der Waals surface area contributed by atoms with Crippen LogP contribution in [0.5, 0.6) is 0 Å². The molecule has 1 aliphatic rings. The van der Waals surface area contributed by atoms with Crippen molar-refractivity contribution in [3.8, 4) is 0 Å². The van der Waals surface area contributed by atoms with Gasteiger partial charge < -0.3 is 10.6 Å². The molecule has 5 nitrogen and oxygen atoms in total. The van der Waals surface area contributed by atoms with Crippen molar-refractivity contribution in [1.82, 2.24) is 5.32 Å². The third-order valence-electron chi connectivity index (χ3n) is 4.71. The summed E-state index contributed by atoms with van der Waals surface area (Å²) in [6.45, 7) is 0.599. The van der Waals surface area contributed by atoms with E-state index in [1.165, 1.54) is 17.3 Å². The molecule has 4 rings (SSSR count). The number of amides is 2. The fourth-order valence-electron chi connectivity index (χ4n) is 3.25. The van der Waals surface area contributed by atoms with Crippen molar-refractivity contribution in [3.05, 3.63) is 78.4 Å². The summed E-state index contributed by atoms with van der Waals surface area (Å²) in [4.78, 5) is 29.2. The van der Waals surface area contributed by atoms with Gasteiger partial charge in [-0.15, -0.1) is 0 Å². The van der Waals surface area contributed by atoms with Gasteiger partial charge in [0.25, 0.3) is 0 Å². The average molecular weight is 404 g/mol. The topological polar surface area (TPSA) is 70.6 Å². The molecular weight excluding hydrogens is 382 g/mol. The highest BCUT2D eigenvalue weighted by Gasteiger charge is 2.32. The lowest BCUT2D eigenvalue weighted by atomic mass is 10.1. The predicted molar refractivity (Wildman–Crippen MR) is 119 cm³/mol. The van der Waals surface area contributed by atoms with E-state index >= 15 is 0 Å². The lowest BCUT2D eigenvalue weighted by molar-refractivity contribution is -0.122. The number of hydrogen-bond donors (Lipinski definition) is 2.